The Hall–Kier alpha value is -1.72. The fourth-order valence-electron chi connectivity index (χ4n) is 1.38. The molecule has 1 aromatic carbocycles. The van der Waals surface area contributed by atoms with E-state index in [1.807, 2.05) is 0 Å². The average molecular weight is 247 g/mol. The molecule has 1 unspecified atom stereocenters. The van der Waals surface area contributed by atoms with Gasteiger partial charge < -0.3 is 10.4 Å². The highest BCUT2D eigenvalue weighted by atomic mass is 19.4. The monoisotopic (exact) mass is 247 g/mol. The minimum atomic E-state index is -4.50. The molecule has 1 atom stereocenters. The minimum Gasteiger partial charge on any atom is -0.480 e. The summed E-state index contributed by atoms with van der Waals surface area (Å²) in [4.78, 5) is 10.8. The SMILES string of the molecule is CCC(Nc1ccccc1C(F)(F)F)C(=O)O. The first kappa shape index (κ1) is 13.3. The summed E-state index contributed by atoms with van der Waals surface area (Å²) in [6, 6.07) is 3.78. The zero-order chi connectivity index (χ0) is 13.1. The van der Waals surface area contributed by atoms with Gasteiger partial charge in [0.2, 0.25) is 0 Å². The van der Waals surface area contributed by atoms with E-state index >= 15 is 0 Å². The molecule has 6 heteroatoms. The van der Waals surface area contributed by atoms with Crippen LogP contribution in [-0.4, -0.2) is 17.1 Å². The third-order valence-corrected chi connectivity index (χ3v) is 2.27. The van der Waals surface area contributed by atoms with E-state index in [2.05, 4.69) is 5.32 Å². The maximum absolute atomic E-state index is 12.6. The van der Waals surface area contributed by atoms with Crippen molar-refractivity contribution in [1.82, 2.24) is 0 Å². The van der Waals surface area contributed by atoms with Gasteiger partial charge in [0.25, 0.3) is 0 Å². The lowest BCUT2D eigenvalue weighted by Gasteiger charge is -2.18. The van der Waals surface area contributed by atoms with Crippen LogP contribution in [0.15, 0.2) is 24.3 Å². The predicted molar refractivity (Wildman–Crippen MR) is 56.8 cm³/mol. The van der Waals surface area contributed by atoms with Gasteiger partial charge >= 0.3 is 12.1 Å². The third-order valence-electron chi connectivity index (χ3n) is 2.27. The molecule has 0 radical (unpaired) electrons. The predicted octanol–water partition coefficient (Wildman–Crippen LogP) is 2.98. The first-order valence-electron chi connectivity index (χ1n) is 5.01. The number of carboxylic acid groups (broad SMARTS) is 1. The number of carboxylic acids is 1. The Kier molecular flexibility index (Phi) is 3.98. The van der Waals surface area contributed by atoms with E-state index < -0.39 is 23.8 Å². The second kappa shape index (κ2) is 5.07. The van der Waals surface area contributed by atoms with Crippen molar-refractivity contribution in [3.63, 3.8) is 0 Å². The number of carbonyl (C=O) groups is 1. The van der Waals surface area contributed by atoms with Gasteiger partial charge in [-0.3, -0.25) is 0 Å². The highest BCUT2D eigenvalue weighted by molar-refractivity contribution is 5.77. The number of hydrogen-bond acceptors (Lipinski definition) is 2. The number of alkyl halides is 3. The van der Waals surface area contributed by atoms with Crippen LogP contribution in [0.2, 0.25) is 0 Å². The molecule has 1 aromatic rings. The second-order valence-corrected chi connectivity index (χ2v) is 3.49. The molecule has 1 rings (SSSR count). The molecule has 0 aliphatic rings. The molecule has 17 heavy (non-hydrogen) atoms. The molecular weight excluding hydrogens is 235 g/mol. The van der Waals surface area contributed by atoms with E-state index in [-0.39, 0.29) is 12.1 Å². The smallest absolute Gasteiger partial charge is 0.418 e. The summed E-state index contributed by atoms with van der Waals surface area (Å²) in [5.41, 5.74) is -1.08. The minimum absolute atomic E-state index is 0.196. The van der Waals surface area contributed by atoms with Crippen molar-refractivity contribution >= 4 is 11.7 Å². The number of para-hydroxylation sites is 1. The van der Waals surface area contributed by atoms with Gasteiger partial charge in [0.15, 0.2) is 0 Å². The number of halogens is 3. The fraction of sp³-hybridized carbons (Fsp3) is 0.364. The van der Waals surface area contributed by atoms with Crippen LogP contribution in [0.1, 0.15) is 18.9 Å². The van der Waals surface area contributed by atoms with Crippen molar-refractivity contribution in [1.29, 1.82) is 0 Å². The van der Waals surface area contributed by atoms with Gasteiger partial charge in [-0.2, -0.15) is 13.2 Å². The molecule has 0 amide bonds. The van der Waals surface area contributed by atoms with Crippen molar-refractivity contribution in [2.24, 2.45) is 0 Å². The van der Waals surface area contributed by atoms with Crippen LogP contribution in [0.25, 0.3) is 0 Å². The zero-order valence-corrected chi connectivity index (χ0v) is 9.08. The normalized spacial score (nSPS) is 13.2. The van der Waals surface area contributed by atoms with Crippen molar-refractivity contribution in [2.45, 2.75) is 25.6 Å². The van der Waals surface area contributed by atoms with Crippen LogP contribution in [0, 0.1) is 0 Å². The largest absolute Gasteiger partial charge is 0.480 e. The highest BCUT2D eigenvalue weighted by Crippen LogP contribution is 2.34. The van der Waals surface area contributed by atoms with Crippen LogP contribution in [0.3, 0.4) is 0 Å². The topological polar surface area (TPSA) is 49.3 Å². The summed E-state index contributed by atoms with van der Waals surface area (Å²) in [6.07, 6.45) is -4.30. The molecule has 0 aliphatic carbocycles. The maximum atomic E-state index is 12.6. The van der Waals surface area contributed by atoms with Gasteiger partial charge in [-0.05, 0) is 18.6 Å². The highest BCUT2D eigenvalue weighted by Gasteiger charge is 2.33. The third kappa shape index (κ3) is 3.37. The standard InChI is InChI=1S/C11H12F3NO2/c1-2-8(10(16)17)15-9-6-4-3-5-7(9)11(12,13)14/h3-6,8,15H,2H2,1H3,(H,16,17). The van der Waals surface area contributed by atoms with Crippen molar-refractivity contribution in [2.75, 3.05) is 5.32 Å². The van der Waals surface area contributed by atoms with Crippen LogP contribution in [0.4, 0.5) is 18.9 Å². The lowest BCUT2D eigenvalue weighted by atomic mass is 10.1. The molecule has 0 heterocycles. The van der Waals surface area contributed by atoms with Crippen LogP contribution in [-0.2, 0) is 11.0 Å². The Bertz CT molecular complexity index is 404. The first-order chi connectivity index (χ1) is 7.86. The Morgan fingerprint density at radius 3 is 2.47 bits per heavy atom. The number of nitrogens with one attached hydrogen (secondary N) is 1. The molecular formula is C11H12F3NO2. The number of anilines is 1. The zero-order valence-electron chi connectivity index (χ0n) is 9.08. The first-order valence-corrected chi connectivity index (χ1v) is 5.01. The summed E-state index contributed by atoms with van der Waals surface area (Å²) < 4.78 is 37.8. The van der Waals surface area contributed by atoms with Gasteiger partial charge in [0.05, 0.1) is 5.56 Å². The Labute approximate surface area is 96.3 Å². The Morgan fingerprint density at radius 2 is 2.00 bits per heavy atom. The molecule has 0 saturated carbocycles. The van der Waals surface area contributed by atoms with Gasteiger partial charge in [-0.15, -0.1) is 0 Å². The van der Waals surface area contributed by atoms with Crippen molar-refractivity contribution in [3.05, 3.63) is 29.8 Å². The average Bonchev–Trinajstić information content (AvgIpc) is 2.24. The molecule has 94 valence electrons. The van der Waals surface area contributed by atoms with Crippen LogP contribution >= 0.6 is 0 Å². The summed E-state index contributed by atoms with van der Waals surface area (Å²) in [7, 11) is 0. The summed E-state index contributed by atoms with van der Waals surface area (Å²) >= 11 is 0. The molecule has 0 bridgehead atoms. The van der Waals surface area contributed by atoms with Gasteiger partial charge in [-0.25, -0.2) is 4.79 Å². The molecule has 3 nitrogen and oxygen atoms in total. The summed E-state index contributed by atoms with van der Waals surface area (Å²) in [6.45, 7) is 1.59. The van der Waals surface area contributed by atoms with E-state index in [0.717, 1.165) is 6.07 Å². The summed E-state index contributed by atoms with van der Waals surface area (Å²) in [5, 5.41) is 11.2. The van der Waals surface area contributed by atoms with E-state index in [1.165, 1.54) is 18.2 Å². The Morgan fingerprint density at radius 1 is 1.41 bits per heavy atom. The van der Waals surface area contributed by atoms with Gasteiger partial charge in [-0.1, -0.05) is 19.1 Å². The van der Waals surface area contributed by atoms with Crippen molar-refractivity contribution in [3.8, 4) is 0 Å². The Balaban J connectivity index is 3.02. The fourth-order valence-corrected chi connectivity index (χ4v) is 1.38. The summed E-state index contributed by atoms with van der Waals surface area (Å²) in [5.74, 6) is -1.18. The molecule has 0 fully saturated rings. The number of aliphatic carboxylic acids is 1. The lowest BCUT2D eigenvalue weighted by molar-refractivity contribution is -0.139. The quantitative estimate of drug-likeness (QED) is 0.859. The van der Waals surface area contributed by atoms with E-state index in [9.17, 15) is 18.0 Å². The van der Waals surface area contributed by atoms with Crippen molar-refractivity contribution < 1.29 is 23.1 Å². The van der Waals surface area contributed by atoms with E-state index in [4.69, 9.17) is 5.11 Å². The molecule has 0 saturated heterocycles. The molecule has 0 aromatic heterocycles. The van der Waals surface area contributed by atoms with E-state index in [1.54, 1.807) is 6.92 Å². The molecule has 2 N–H and O–H groups in total. The maximum Gasteiger partial charge on any atom is 0.418 e. The number of rotatable bonds is 4. The van der Waals surface area contributed by atoms with Gasteiger partial charge in [0, 0.05) is 5.69 Å². The van der Waals surface area contributed by atoms with Crippen LogP contribution in [0.5, 0.6) is 0 Å². The number of hydrogen-bond donors (Lipinski definition) is 2. The lowest BCUT2D eigenvalue weighted by Crippen LogP contribution is -2.29. The molecule has 0 aliphatic heterocycles. The van der Waals surface area contributed by atoms with E-state index in [0.29, 0.717) is 0 Å². The van der Waals surface area contributed by atoms with Crippen LogP contribution < -0.4 is 5.32 Å². The number of benzene rings is 1. The second-order valence-electron chi connectivity index (χ2n) is 3.49. The molecule has 0 spiro atoms. The van der Waals surface area contributed by atoms with Gasteiger partial charge in [0.1, 0.15) is 6.04 Å².